The lowest BCUT2D eigenvalue weighted by Gasteiger charge is -2.15. The molecule has 1 atom stereocenters. The molecule has 2 aromatic carbocycles. The second-order valence-corrected chi connectivity index (χ2v) is 6.31. The summed E-state index contributed by atoms with van der Waals surface area (Å²) in [5.41, 5.74) is 4.93. The maximum absolute atomic E-state index is 12.7. The molecule has 3 aromatic rings. The van der Waals surface area contributed by atoms with Gasteiger partial charge < -0.3 is 10.3 Å². The van der Waals surface area contributed by atoms with E-state index >= 15 is 0 Å². The summed E-state index contributed by atoms with van der Waals surface area (Å²) in [6, 6.07) is 16.2. The number of aromatic nitrogens is 1. The van der Waals surface area contributed by atoms with Gasteiger partial charge in [-0.15, -0.1) is 0 Å². The Balaban J connectivity index is 1.88. The van der Waals surface area contributed by atoms with Gasteiger partial charge in [0.1, 0.15) is 5.69 Å². The van der Waals surface area contributed by atoms with Crippen LogP contribution in [0.2, 0.25) is 0 Å². The van der Waals surface area contributed by atoms with Crippen molar-refractivity contribution in [3.63, 3.8) is 0 Å². The standard InChI is InChI=1S/C21H24N2O/c1-4-14(3)17-8-6-7-9-19(17)23-21(24)20-13-16-12-15(5-2)10-11-18(16)22-20/h6-14,22H,4-5H2,1-3H3,(H,23,24)/t14-/m1/s1. The van der Waals surface area contributed by atoms with E-state index in [4.69, 9.17) is 0 Å². The van der Waals surface area contributed by atoms with Gasteiger partial charge in [0.2, 0.25) is 0 Å². The van der Waals surface area contributed by atoms with Crippen molar-refractivity contribution in [3.05, 3.63) is 65.4 Å². The minimum atomic E-state index is -0.0972. The maximum Gasteiger partial charge on any atom is 0.272 e. The van der Waals surface area contributed by atoms with E-state index in [1.165, 1.54) is 11.1 Å². The molecule has 3 nitrogen and oxygen atoms in total. The highest BCUT2D eigenvalue weighted by Crippen LogP contribution is 2.27. The lowest BCUT2D eigenvalue weighted by atomic mass is 9.97. The predicted molar refractivity (Wildman–Crippen MR) is 101 cm³/mol. The predicted octanol–water partition coefficient (Wildman–Crippen LogP) is 5.50. The van der Waals surface area contributed by atoms with Gasteiger partial charge in [0.25, 0.3) is 5.91 Å². The molecular formula is C21H24N2O. The third-order valence-electron chi connectivity index (χ3n) is 4.69. The molecule has 0 unspecified atom stereocenters. The van der Waals surface area contributed by atoms with Gasteiger partial charge >= 0.3 is 0 Å². The van der Waals surface area contributed by atoms with Gasteiger partial charge in [-0.1, -0.05) is 45.0 Å². The average molecular weight is 320 g/mol. The quantitative estimate of drug-likeness (QED) is 0.641. The number of hydrogen-bond acceptors (Lipinski definition) is 1. The number of hydrogen-bond donors (Lipinski definition) is 2. The monoisotopic (exact) mass is 320 g/mol. The largest absolute Gasteiger partial charge is 0.351 e. The lowest BCUT2D eigenvalue weighted by molar-refractivity contribution is 0.102. The van der Waals surface area contributed by atoms with Crippen LogP contribution in [0.4, 0.5) is 5.69 Å². The fraction of sp³-hybridized carbons (Fsp3) is 0.286. The molecule has 1 aromatic heterocycles. The number of H-pyrrole nitrogens is 1. The molecule has 0 bridgehead atoms. The molecular weight excluding hydrogens is 296 g/mol. The number of fused-ring (bicyclic) bond motifs is 1. The SMILES string of the molecule is CCc1ccc2[nH]c(C(=O)Nc3ccccc3[C@H](C)CC)cc2c1. The number of amides is 1. The number of aryl methyl sites for hydroxylation is 1. The zero-order valence-corrected chi connectivity index (χ0v) is 14.5. The van der Waals surface area contributed by atoms with Crippen molar-refractivity contribution in [2.24, 2.45) is 0 Å². The molecule has 1 heterocycles. The molecule has 0 spiro atoms. The van der Waals surface area contributed by atoms with E-state index in [-0.39, 0.29) is 5.91 Å². The Morgan fingerprint density at radius 2 is 1.92 bits per heavy atom. The molecule has 0 aliphatic heterocycles. The minimum Gasteiger partial charge on any atom is -0.351 e. The van der Waals surface area contributed by atoms with Gasteiger partial charge in [0.15, 0.2) is 0 Å². The fourth-order valence-electron chi connectivity index (χ4n) is 2.97. The molecule has 3 heteroatoms. The van der Waals surface area contributed by atoms with E-state index < -0.39 is 0 Å². The van der Waals surface area contributed by atoms with Crippen molar-refractivity contribution in [2.75, 3.05) is 5.32 Å². The van der Waals surface area contributed by atoms with Gasteiger partial charge in [-0.05, 0) is 54.2 Å². The number of aromatic amines is 1. The van der Waals surface area contributed by atoms with Gasteiger partial charge in [-0.25, -0.2) is 0 Å². The van der Waals surface area contributed by atoms with Gasteiger partial charge in [0, 0.05) is 16.6 Å². The Labute approximate surface area is 143 Å². The van der Waals surface area contributed by atoms with Crippen molar-refractivity contribution in [2.45, 2.75) is 39.5 Å². The molecule has 0 saturated heterocycles. The third kappa shape index (κ3) is 3.21. The van der Waals surface area contributed by atoms with Crippen molar-refractivity contribution in [1.82, 2.24) is 4.98 Å². The summed E-state index contributed by atoms with van der Waals surface area (Å²) >= 11 is 0. The molecule has 0 fully saturated rings. The Morgan fingerprint density at radius 3 is 2.67 bits per heavy atom. The fourth-order valence-corrected chi connectivity index (χ4v) is 2.97. The summed E-state index contributed by atoms with van der Waals surface area (Å²) in [4.78, 5) is 15.9. The Hall–Kier alpha value is -2.55. The highest BCUT2D eigenvalue weighted by molar-refractivity contribution is 6.06. The van der Waals surface area contributed by atoms with Crippen LogP contribution in [0.5, 0.6) is 0 Å². The number of para-hydroxylation sites is 1. The summed E-state index contributed by atoms with van der Waals surface area (Å²) in [7, 11) is 0. The summed E-state index contributed by atoms with van der Waals surface area (Å²) in [6.45, 7) is 6.47. The first-order chi connectivity index (χ1) is 11.6. The van der Waals surface area contributed by atoms with Crippen molar-refractivity contribution >= 4 is 22.5 Å². The van der Waals surface area contributed by atoms with E-state index in [9.17, 15) is 4.79 Å². The minimum absolute atomic E-state index is 0.0972. The third-order valence-corrected chi connectivity index (χ3v) is 4.69. The van der Waals surface area contributed by atoms with E-state index in [2.05, 4.69) is 49.3 Å². The maximum atomic E-state index is 12.7. The summed E-state index contributed by atoms with van der Waals surface area (Å²) in [5, 5.41) is 4.14. The zero-order valence-electron chi connectivity index (χ0n) is 14.5. The number of rotatable bonds is 5. The number of anilines is 1. The number of benzene rings is 2. The van der Waals surface area contributed by atoms with Crippen LogP contribution in [0, 0.1) is 0 Å². The molecule has 1 amide bonds. The highest BCUT2D eigenvalue weighted by Gasteiger charge is 2.14. The first-order valence-electron chi connectivity index (χ1n) is 8.64. The number of carbonyl (C=O) groups excluding carboxylic acids is 1. The second-order valence-electron chi connectivity index (χ2n) is 6.31. The van der Waals surface area contributed by atoms with E-state index in [1.54, 1.807) is 0 Å². The van der Waals surface area contributed by atoms with Crippen LogP contribution in [-0.4, -0.2) is 10.9 Å². The summed E-state index contributed by atoms with van der Waals surface area (Å²) in [6.07, 6.45) is 2.03. The molecule has 24 heavy (non-hydrogen) atoms. The lowest BCUT2D eigenvalue weighted by Crippen LogP contribution is -2.14. The molecule has 0 saturated carbocycles. The zero-order chi connectivity index (χ0) is 17.1. The number of carbonyl (C=O) groups is 1. The van der Waals surface area contributed by atoms with E-state index in [0.717, 1.165) is 29.4 Å². The molecule has 0 radical (unpaired) electrons. The van der Waals surface area contributed by atoms with Crippen LogP contribution >= 0.6 is 0 Å². The average Bonchev–Trinajstić information content (AvgIpc) is 3.04. The summed E-state index contributed by atoms with van der Waals surface area (Å²) in [5.74, 6) is 0.316. The molecule has 124 valence electrons. The van der Waals surface area contributed by atoms with Crippen molar-refractivity contribution in [3.8, 4) is 0 Å². The van der Waals surface area contributed by atoms with Crippen LogP contribution < -0.4 is 5.32 Å². The Kier molecular flexibility index (Phi) is 4.70. The summed E-state index contributed by atoms with van der Waals surface area (Å²) < 4.78 is 0. The van der Waals surface area contributed by atoms with Crippen LogP contribution in [-0.2, 0) is 6.42 Å². The molecule has 2 N–H and O–H groups in total. The van der Waals surface area contributed by atoms with Crippen molar-refractivity contribution in [1.29, 1.82) is 0 Å². The van der Waals surface area contributed by atoms with Crippen molar-refractivity contribution < 1.29 is 4.79 Å². The molecule has 0 aliphatic rings. The normalized spacial score (nSPS) is 12.3. The van der Waals surface area contributed by atoms with Crippen LogP contribution in [0.1, 0.15) is 54.7 Å². The molecule has 3 rings (SSSR count). The van der Waals surface area contributed by atoms with Gasteiger partial charge in [0.05, 0.1) is 0 Å². The van der Waals surface area contributed by atoms with Gasteiger partial charge in [-0.3, -0.25) is 4.79 Å². The van der Waals surface area contributed by atoms with E-state index in [0.29, 0.717) is 11.6 Å². The highest BCUT2D eigenvalue weighted by atomic mass is 16.1. The molecule has 0 aliphatic carbocycles. The Morgan fingerprint density at radius 1 is 1.12 bits per heavy atom. The topological polar surface area (TPSA) is 44.9 Å². The Bertz CT molecular complexity index is 863. The second kappa shape index (κ2) is 6.91. The van der Waals surface area contributed by atoms with Crippen LogP contribution in [0.25, 0.3) is 10.9 Å². The van der Waals surface area contributed by atoms with Crippen LogP contribution in [0.3, 0.4) is 0 Å². The van der Waals surface area contributed by atoms with Crippen LogP contribution in [0.15, 0.2) is 48.5 Å². The first-order valence-corrected chi connectivity index (χ1v) is 8.64. The smallest absolute Gasteiger partial charge is 0.272 e. The number of nitrogens with one attached hydrogen (secondary N) is 2. The van der Waals surface area contributed by atoms with E-state index in [1.807, 2.05) is 30.3 Å². The first kappa shape index (κ1) is 16.3. The van der Waals surface area contributed by atoms with Gasteiger partial charge in [-0.2, -0.15) is 0 Å².